The number of nitrogens with zero attached hydrogens (tertiary/aromatic N) is 2. The summed E-state index contributed by atoms with van der Waals surface area (Å²) in [6, 6.07) is 33.6. The third-order valence-electron chi connectivity index (χ3n) is 8.89. The number of amides is 2. The van der Waals surface area contributed by atoms with Crippen LogP contribution in [0.1, 0.15) is 23.7 Å². The summed E-state index contributed by atoms with van der Waals surface area (Å²) in [5, 5.41) is 0.680. The molecule has 4 atom stereocenters. The molecule has 1 aromatic heterocycles. The van der Waals surface area contributed by atoms with Crippen LogP contribution >= 0.6 is 0 Å². The van der Waals surface area contributed by atoms with Crippen LogP contribution in [0, 0.1) is 11.8 Å². The van der Waals surface area contributed by atoms with Gasteiger partial charge in [-0.25, -0.2) is 17.3 Å². The molecular formula is C33H24N2O5S. The number of anilines is 1. The zero-order valence-corrected chi connectivity index (χ0v) is 22.8. The standard InChI is InChI=1S/C33H24N2O5S/c1-32-26-24-19-11-12-20-25(24)35(41(38,39)23-17-9-4-10-18-23)29(26)33(40-32,21-13-5-2-6-14-21)28-27(32)30(36)34(31(28)37)22-15-7-3-8-16-22/h2-20,27-28H,1H3/t27-,28+,32-,33-/m1/s1. The van der Waals surface area contributed by atoms with Crippen LogP contribution in [-0.2, 0) is 35.6 Å². The molecule has 2 amide bonds. The molecule has 0 radical (unpaired) electrons. The minimum Gasteiger partial charge on any atom is -0.351 e. The highest BCUT2D eigenvalue weighted by Crippen LogP contribution is 2.70. The lowest BCUT2D eigenvalue weighted by Crippen LogP contribution is -2.43. The number of rotatable bonds is 4. The number of aromatic nitrogens is 1. The number of imide groups is 1. The van der Waals surface area contributed by atoms with E-state index in [4.69, 9.17) is 4.74 Å². The maximum atomic E-state index is 14.5. The van der Waals surface area contributed by atoms with E-state index >= 15 is 0 Å². The number of carbonyl (C=O) groups excluding carboxylic acids is 2. The summed E-state index contributed by atoms with van der Waals surface area (Å²) in [6.07, 6.45) is 0. The van der Waals surface area contributed by atoms with Gasteiger partial charge in [-0.15, -0.1) is 0 Å². The van der Waals surface area contributed by atoms with Gasteiger partial charge in [0.2, 0.25) is 11.8 Å². The second-order valence-electron chi connectivity index (χ2n) is 10.9. The van der Waals surface area contributed by atoms with Crippen molar-refractivity contribution in [2.45, 2.75) is 23.0 Å². The van der Waals surface area contributed by atoms with Gasteiger partial charge in [-0.2, -0.15) is 0 Å². The first kappa shape index (κ1) is 24.3. The summed E-state index contributed by atoms with van der Waals surface area (Å²) in [5.74, 6) is -2.57. The molecule has 0 N–H and O–H groups in total. The molecule has 0 spiro atoms. The smallest absolute Gasteiger partial charge is 0.268 e. The highest BCUT2D eigenvalue weighted by Gasteiger charge is 2.78. The maximum Gasteiger partial charge on any atom is 0.268 e. The number of benzene rings is 4. The van der Waals surface area contributed by atoms with Crippen molar-refractivity contribution in [2.24, 2.45) is 11.8 Å². The zero-order valence-electron chi connectivity index (χ0n) is 22.0. The van der Waals surface area contributed by atoms with Crippen molar-refractivity contribution >= 4 is 38.4 Å². The molecule has 7 nitrogen and oxygen atoms in total. The summed E-state index contributed by atoms with van der Waals surface area (Å²) >= 11 is 0. The van der Waals surface area contributed by atoms with Gasteiger partial charge in [0.25, 0.3) is 10.0 Å². The van der Waals surface area contributed by atoms with Crippen molar-refractivity contribution in [1.82, 2.24) is 3.97 Å². The van der Waals surface area contributed by atoms with Gasteiger partial charge < -0.3 is 4.74 Å². The van der Waals surface area contributed by atoms with E-state index in [1.807, 2.05) is 55.5 Å². The van der Waals surface area contributed by atoms with E-state index in [9.17, 15) is 18.0 Å². The number of carbonyl (C=O) groups is 2. The Balaban J connectivity index is 1.50. The average molecular weight is 561 g/mol. The molecule has 0 unspecified atom stereocenters. The molecule has 0 aliphatic carbocycles. The molecule has 2 bridgehead atoms. The molecule has 4 aromatic carbocycles. The highest BCUT2D eigenvalue weighted by atomic mass is 32.2. The largest absolute Gasteiger partial charge is 0.351 e. The van der Waals surface area contributed by atoms with Gasteiger partial charge in [0.15, 0.2) is 0 Å². The monoisotopic (exact) mass is 560 g/mol. The summed E-state index contributed by atoms with van der Waals surface area (Å²) in [4.78, 5) is 30.0. The molecule has 8 heteroatoms. The summed E-state index contributed by atoms with van der Waals surface area (Å²) in [6.45, 7) is 1.83. The second kappa shape index (κ2) is 8.02. The Labute approximate surface area is 236 Å². The van der Waals surface area contributed by atoms with Crippen LogP contribution < -0.4 is 4.90 Å². The molecule has 8 rings (SSSR count). The van der Waals surface area contributed by atoms with Gasteiger partial charge in [-0.05, 0) is 42.8 Å². The third kappa shape index (κ3) is 2.83. The molecule has 2 saturated heterocycles. The normalized spacial score (nSPS) is 26.5. The molecule has 202 valence electrons. The van der Waals surface area contributed by atoms with Crippen molar-refractivity contribution in [3.05, 3.63) is 132 Å². The Kier molecular flexibility index (Phi) is 4.75. The Morgan fingerprint density at radius 2 is 1.27 bits per heavy atom. The van der Waals surface area contributed by atoms with E-state index in [0.717, 1.165) is 0 Å². The zero-order chi connectivity index (χ0) is 28.1. The van der Waals surface area contributed by atoms with Gasteiger partial charge in [0.05, 0.1) is 33.6 Å². The fourth-order valence-corrected chi connectivity index (χ4v) is 8.99. The quantitative estimate of drug-likeness (QED) is 0.283. The molecule has 3 aliphatic rings. The van der Waals surface area contributed by atoms with Crippen LogP contribution in [0.25, 0.3) is 10.9 Å². The fraction of sp³-hybridized carbons (Fsp3) is 0.152. The molecule has 41 heavy (non-hydrogen) atoms. The SMILES string of the molecule is C[C@@]12O[C@@](c3ccccc3)(c3c1c1ccccc1n3S(=O)(=O)c1ccccc1)[C@@H]1C(=O)N(c3ccccc3)C(=O)[C@@H]12. The summed E-state index contributed by atoms with van der Waals surface area (Å²) in [5.41, 5.74) is -0.173. The molecule has 5 aromatic rings. The van der Waals surface area contributed by atoms with Crippen molar-refractivity contribution < 1.29 is 22.7 Å². The molecule has 4 heterocycles. The number of hydrogen-bond donors (Lipinski definition) is 0. The van der Waals surface area contributed by atoms with Gasteiger partial charge in [0, 0.05) is 10.9 Å². The molecule has 0 saturated carbocycles. The van der Waals surface area contributed by atoms with Gasteiger partial charge >= 0.3 is 0 Å². The van der Waals surface area contributed by atoms with Crippen LogP contribution in [0.5, 0.6) is 0 Å². The summed E-state index contributed by atoms with van der Waals surface area (Å²) in [7, 11) is -4.14. The van der Waals surface area contributed by atoms with E-state index < -0.39 is 39.0 Å². The lowest BCUT2D eigenvalue weighted by atomic mass is 9.65. The van der Waals surface area contributed by atoms with Gasteiger partial charge in [-0.3, -0.25) is 9.59 Å². The Morgan fingerprint density at radius 1 is 0.707 bits per heavy atom. The van der Waals surface area contributed by atoms with E-state index in [-0.39, 0.29) is 10.8 Å². The van der Waals surface area contributed by atoms with Crippen LogP contribution in [0.3, 0.4) is 0 Å². The molecule has 3 aliphatic heterocycles. The van der Waals surface area contributed by atoms with E-state index in [1.165, 1.54) is 8.87 Å². The highest BCUT2D eigenvalue weighted by molar-refractivity contribution is 7.90. The van der Waals surface area contributed by atoms with Gasteiger partial charge in [0.1, 0.15) is 11.2 Å². The average Bonchev–Trinajstić information content (AvgIpc) is 3.67. The van der Waals surface area contributed by atoms with E-state index in [0.29, 0.717) is 33.4 Å². The minimum atomic E-state index is -4.14. The topological polar surface area (TPSA) is 85.7 Å². The lowest BCUT2D eigenvalue weighted by molar-refractivity contribution is -0.132. The van der Waals surface area contributed by atoms with Crippen molar-refractivity contribution in [3.63, 3.8) is 0 Å². The van der Waals surface area contributed by atoms with Crippen molar-refractivity contribution in [3.8, 4) is 0 Å². The number of ether oxygens (including phenoxy) is 1. The fourth-order valence-electron chi connectivity index (χ4n) is 7.39. The predicted molar refractivity (Wildman–Crippen MR) is 153 cm³/mol. The van der Waals surface area contributed by atoms with Crippen molar-refractivity contribution in [2.75, 3.05) is 4.90 Å². The molecule has 2 fully saturated rings. The number of fused-ring (bicyclic) bond motifs is 10. The minimum absolute atomic E-state index is 0.121. The first-order valence-electron chi connectivity index (χ1n) is 13.5. The van der Waals surface area contributed by atoms with E-state index in [2.05, 4.69) is 0 Å². The van der Waals surface area contributed by atoms with Crippen LogP contribution in [0.2, 0.25) is 0 Å². The first-order valence-corrected chi connectivity index (χ1v) is 14.9. The van der Waals surface area contributed by atoms with Crippen LogP contribution in [0.15, 0.2) is 120 Å². The first-order chi connectivity index (χ1) is 19.8. The van der Waals surface area contributed by atoms with Crippen LogP contribution in [0.4, 0.5) is 5.69 Å². The maximum absolute atomic E-state index is 14.5. The van der Waals surface area contributed by atoms with Gasteiger partial charge in [-0.1, -0.05) is 84.9 Å². The second-order valence-corrected chi connectivity index (χ2v) is 12.7. The third-order valence-corrected chi connectivity index (χ3v) is 10.6. The number of para-hydroxylation sites is 2. The van der Waals surface area contributed by atoms with Crippen molar-refractivity contribution in [1.29, 1.82) is 0 Å². The molecular weight excluding hydrogens is 536 g/mol. The predicted octanol–water partition coefficient (Wildman–Crippen LogP) is 5.19. The number of hydrogen-bond acceptors (Lipinski definition) is 5. The Morgan fingerprint density at radius 3 is 1.95 bits per heavy atom. The Hall–Kier alpha value is -4.53. The van der Waals surface area contributed by atoms with Crippen LogP contribution in [-0.4, -0.2) is 24.2 Å². The summed E-state index contributed by atoms with van der Waals surface area (Å²) < 4.78 is 37.3. The lowest BCUT2D eigenvalue weighted by Gasteiger charge is -2.33. The van der Waals surface area contributed by atoms with E-state index in [1.54, 1.807) is 66.7 Å². The Bertz CT molecular complexity index is 2010.